The summed E-state index contributed by atoms with van der Waals surface area (Å²) in [6, 6.07) is 7.59. The average Bonchev–Trinajstić information content (AvgIpc) is 2.88. The zero-order chi connectivity index (χ0) is 12.5. The summed E-state index contributed by atoms with van der Waals surface area (Å²) in [4.78, 5) is 8.10. The highest BCUT2D eigenvalue weighted by molar-refractivity contribution is 5.97. The number of benzene rings is 1. The monoisotopic (exact) mass is 235 g/mol. The molecule has 0 aliphatic carbocycles. The summed E-state index contributed by atoms with van der Waals surface area (Å²) in [5.74, 6) is 0.338. The molecule has 5 heteroatoms. The number of nitriles is 1. The molecule has 2 heterocycles. The Kier molecular flexibility index (Phi) is 2.21. The number of imidazole rings is 1. The molecule has 0 saturated heterocycles. The number of hydrogen-bond acceptors (Lipinski definition) is 4. The summed E-state index contributed by atoms with van der Waals surface area (Å²) >= 11 is 0. The van der Waals surface area contributed by atoms with Crippen molar-refractivity contribution >= 4 is 16.5 Å². The minimum absolute atomic E-state index is 0.338. The molecular formula is C13H9N5. The van der Waals surface area contributed by atoms with Crippen molar-refractivity contribution in [3.63, 3.8) is 0 Å². The van der Waals surface area contributed by atoms with Gasteiger partial charge >= 0.3 is 0 Å². The van der Waals surface area contributed by atoms with Crippen molar-refractivity contribution in [1.29, 1.82) is 5.26 Å². The predicted octanol–water partition coefficient (Wildman–Crippen LogP) is 1.87. The fraction of sp³-hybridized carbons (Fsp3) is 0. The van der Waals surface area contributed by atoms with Gasteiger partial charge in [-0.15, -0.1) is 0 Å². The number of hydrogen-bond donors (Lipinski definition) is 1. The van der Waals surface area contributed by atoms with E-state index in [2.05, 4.69) is 16.0 Å². The second-order valence-corrected chi connectivity index (χ2v) is 3.83. The summed E-state index contributed by atoms with van der Waals surface area (Å²) in [5, 5.41) is 10.8. The molecule has 3 aromatic rings. The molecule has 5 nitrogen and oxygen atoms in total. The number of rotatable bonds is 1. The zero-order valence-electron chi connectivity index (χ0n) is 9.41. The van der Waals surface area contributed by atoms with Gasteiger partial charge in [-0.1, -0.05) is 0 Å². The number of nitrogen functional groups attached to an aromatic ring is 1. The van der Waals surface area contributed by atoms with Crippen LogP contribution in [0.5, 0.6) is 0 Å². The van der Waals surface area contributed by atoms with E-state index >= 15 is 0 Å². The maximum absolute atomic E-state index is 9.02. The van der Waals surface area contributed by atoms with E-state index in [1.807, 2.05) is 18.2 Å². The molecule has 0 unspecified atom stereocenters. The first-order valence-electron chi connectivity index (χ1n) is 5.37. The van der Waals surface area contributed by atoms with Crippen LogP contribution in [-0.4, -0.2) is 14.5 Å². The number of anilines is 1. The number of nitrogens with two attached hydrogens (primary N) is 1. The molecule has 0 radical (unpaired) electrons. The predicted molar refractivity (Wildman–Crippen MR) is 68.0 cm³/mol. The summed E-state index contributed by atoms with van der Waals surface area (Å²) < 4.78 is 1.73. The van der Waals surface area contributed by atoms with E-state index in [4.69, 9.17) is 11.0 Å². The van der Waals surface area contributed by atoms with Crippen molar-refractivity contribution in [3.05, 3.63) is 48.8 Å². The Morgan fingerprint density at radius 2 is 2.06 bits per heavy atom. The Hall–Kier alpha value is -2.87. The molecule has 2 aromatic heterocycles. The molecule has 18 heavy (non-hydrogen) atoms. The molecule has 0 aliphatic heterocycles. The van der Waals surface area contributed by atoms with Crippen molar-refractivity contribution in [2.24, 2.45) is 0 Å². The molecule has 0 fully saturated rings. The molecule has 0 amide bonds. The number of pyridine rings is 1. The van der Waals surface area contributed by atoms with Gasteiger partial charge < -0.3 is 5.73 Å². The molecule has 1 aromatic carbocycles. The Bertz CT molecular complexity index is 766. The third kappa shape index (κ3) is 1.40. The standard InChI is InChI=1S/C13H9N5/c14-7-13-17-5-6-18(13)12-2-1-11(15)9-3-4-16-8-10(9)12/h1-6,8H,15H2. The lowest BCUT2D eigenvalue weighted by atomic mass is 10.1. The molecule has 0 spiro atoms. The average molecular weight is 235 g/mol. The Morgan fingerprint density at radius 1 is 1.17 bits per heavy atom. The Labute approximate surface area is 103 Å². The van der Waals surface area contributed by atoms with Gasteiger partial charge in [-0.2, -0.15) is 5.26 Å². The highest BCUT2D eigenvalue weighted by Crippen LogP contribution is 2.26. The highest BCUT2D eigenvalue weighted by atomic mass is 15.1. The third-order valence-corrected chi connectivity index (χ3v) is 2.83. The lowest BCUT2D eigenvalue weighted by Gasteiger charge is -2.09. The summed E-state index contributed by atoms with van der Waals surface area (Å²) in [7, 11) is 0. The van der Waals surface area contributed by atoms with Gasteiger partial charge in [-0.05, 0) is 18.2 Å². The zero-order valence-corrected chi connectivity index (χ0v) is 9.41. The van der Waals surface area contributed by atoms with Crippen molar-refractivity contribution in [2.75, 3.05) is 5.73 Å². The second kappa shape index (κ2) is 3.86. The van der Waals surface area contributed by atoms with Crippen molar-refractivity contribution in [2.45, 2.75) is 0 Å². The molecular weight excluding hydrogens is 226 g/mol. The fourth-order valence-corrected chi connectivity index (χ4v) is 1.99. The van der Waals surface area contributed by atoms with E-state index in [9.17, 15) is 0 Å². The van der Waals surface area contributed by atoms with Gasteiger partial charge in [0, 0.05) is 41.2 Å². The van der Waals surface area contributed by atoms with E-state index in [-0.39, 0.29) is 0 Å². The second-order valence-electron chi connectivity index (χ2n) is 3.83. The van der Waals surface area contributed by atoms with E-state index in [1.54, 1.807) is 29.4 Å². The SMILES string of the molecule is N#Cc1nccn1-c1ccc(N)c2ccncc12. The first-order chi connectivity index (χ1) is 8.81. The largest absolute Gasteiger partial charge is 0.398 e. The summed E-state index contributed by atoms with van der Waals surface area (Å²) in [6.45, 7) is 0. The fourth-order valence-electron chi connectivity index (χ4n) is 1.99. The van der Waals surface area contributed by atoms with Crippen LogP contribution < -0.4 is 5.73 Å². The number of fused-ring (bicyclic) bond motifs is 1. The Balaban J connectivity index is 2.38. The van der Waals surface area contributed by atoms with Crippen LogP contribution in [0.1, 0.15) is 5.82 Å². The molecule has 2 N–H and O–H groups in total. The maximum Gasteiger partial charge on any atom is 0.217 e. The van der Waals surface area contributed by atoms with E-state index in [0.29, 0.717) is 11.5 Å². The Morgan fingerprint density at radius 3 is 2.89 bits per heavy atom. The molecule has 0 atom stereocenters. The van der Waals surface area contributed by atoms with Gasteiger partial charge in [-0.3, -0.25) is 9.55 Å². The molecule has 0 saturated carbocycles. The molecule has 3 rings (SSSR count). The lowest BCUT2D eigenvalue weighted by Crippen LogP contribution is -1.99. The van der Waals surface area contributed by atoms with Crippen molar-refractivity contribution in [3.8, 4) is 11.8 Å². The minimum atomic E-state index is 0.338. The van der Waals surface area contributed by atoms with Crippen LogP contribution in [-0.2, 0) is 0 Å². The number of aromatic nitrogens is 3. The van der Waals surface area contributed by atoms with Crippen LogP contribution in [0, 0.1) is 11.3 Å². The smallest absolute Gasteiger partial charge is 0.217 e. The van der Waals surface area contributed by atoms with E-state index in [0.717, 1.165) is 16.5 Å². The maximum atomic E-state index is 9.02. The topological polar surface area (TPSA) is 80.5 Å². The van der Waals surface area contributed by atoms with Gasteiger partial charge in [0.1, 0.15) is 6.07 Å². The first-order valence-corrected chi connectivity index (χ1v) is 5.37. The highest BCUT2D eigenvalue weighted by Gasteiger charge is 2.09. The van der Waals surface area contributed by atoms with Crippen LogP contribution in [0.4, 0.5) is 5.69 Å². The molecule has 0 aliphatic rings. The van der Waals surface area contributed by atoms with Crippen molar-refractivity contribution < 1.29 is 0 Å². The van der Waals surface area contributed by atoms with Crippen LogP contribution in [0.3, 0.4) is 0 Å². The van der Waals surface area contributed by atoms with Crippen molar-refractivity contribution in [1.82, 2.24) is 14.5 Å². The van der Waals surface area contributed by atoms with Crippen LogP contribution in [0.2, 0.25) is 0 Å². The van der Waals surface area contributed by atoms with Gasteiger partial charge in [0.05, 0.1) is 5.69 Å². The normalized spacial score (nSPS) is 10.4. The minimum Gasteiger partial charge on any atom is -0.398 e. The van der Waals surface area contributed by atoms with Crippen LogP contribution in [0.15, 0.2) is 43.0 Å². The molecule has 0 bridgehead atoms. The van der Waals surface area contributed by atoms with Gasteiger partial charge in [0.2, 0.25) is 5.82 Å². The van der Waals surface area contributed by atoms with Crippen LogP contribution in [0.25, 0.3) is 16.5 Å². The number of nitrogens with zero attached hydrogens (tertiary/aromatic N) is 4. The van der Waals surface area contributed by atoms with Crippen LogP contribution >= 0.6 is 0 Å². The van der Waals surface area contributed by atoms with Gasteiger partial charge in [0.15, 0.2) is 0 Å². The third-order valence-electron chi connectivity index (χ3n) is 2.83. The summed E-state index contributed by atoms with van der Waals surface area (Å²) in [6.07, 6.45) is 6.78. The van der Waals surface area contributed by atoms with Gasteiger partial charge in [-0.25, -0.2) is 4.98 Å². The first kappa shape index (κ1) is 10.3. The molecule has 86 valence electrons. The lowest BCUT2D eigenvalue weighted by molar-refractivity contribution is 1.03. The van der Waals surface area contributed by atoms with Gasteiger partial charge in [0.25, 0.3) is 0 Å². The quantitative estimate of drug-likeness (QED) is 0.653. The van der Waals surface area contributed by atoms with E-state index < -0.39 is 0 Å². The summed E-state index contributed by atoms with van der Waals surface area (Å²) in [5.41, 5.74) is 7.47. The van der Waals surface area contributed by atoms with E-state index in [1.165, 1.54) is 0 Å².